The van der Waals surface area contributed by atoms with Crippen molar-refractivity contribution in [3.63, 3.8) is 0 Å². The zero-order valence-electron chi connectivity index (χ0n) is 14.2. The molecular formula is C18H19N5O3. The molecule has 4 rings (SSSR count). The van der Waals surface area contributed by atoms with Gasteiger partial charge in [0, 0.05) is 24.7 Å². The highest BCUT2D eigenvalue weighted by molar-refractivity contribution is 5.93. The Morgan fingerprint density at radius 2 is 2.23 bits per heavy atom. The summed E-state index contributed by atoms with van der Waals surface area (Å²) in [4.78, 5) is 21.1. The number of hydrogen-bond acceptors (Lipinski definition) is 6. The molecule has 2 N–H and O–H groups in total. The van der Waals surface area contributed by atoms with E-state index in [9.17, 15) is 9.90 Å². The van der Waals surface area contributed by atoms with Crippen LogP contribution in [0.1, 0.15) is 34.9 Å². The van der Waals surface area contributed by atoms with E-state index in [1.165, 1.54) is 0 Å². The molecule has 0 aliphatic heterocycles. The van der Waals surface area contributed by atoms with E-state index in [0.29, 0.717) is 29.9 Å². The van der Waals surface area contributed by atoms with Crippen LogP contribution in [0.2, 0.25) is 0 Å². The molecule has 0 bridgehead atoms. The third-order valence-corrected chi connectivity index (χ3v) is 4.71. The third-order valence-electron chi connectivity index (χ3n) is 4.71. The minimum Gasteiger partial charge on any atom is -0.495 e. The fraction of sp³-hybridized carbons (Fsp3) is 0.333. The lowest BCUT2D eigenvalue weighted by atomic mass is 9.75. The Morgan fingerprint density at radius 1 is 1.38 bits per heavy atom. The number of nitrogens with one attached hydrogen (secondary N) is 1. The summed E-state index contributed by atoms with van der Waals surface area (Å²) in [7, 11) is 1.57. The second-order valence-corrected chi connectivity index (χ2v) is 6.45. The van der Waals surface area contributed by atoms with Gasteiger partial charge in [-0.3, -0.25) is 9.78 Å². The molecule has 8 heteroatoms. The number of fused-ring (bicyclic) bond motifs is 1. The Morgan fingerprint density at radius 3 is 2.96 bits per heavy atom. The Labute approximate surface area is 149 Å². The molecule has 1 atom stereocenters. The second-order valence-electron chi connectivity index (χ2n) is 6.45. The van der Waals surface area contributed by atoms with Gasteiger partial charge in [-0.15, -0.1) is 0 Å². The Balaban J connectivity index is 1.60. The van der Waals surface area contributed by atoms with Crippen molar-refractivity contribution in [2.45, 2.75) is 25.0 Å². The van der Waals surface area contributed by atoms with Crippen molar-refractivity contribution in [3.8, 4) is 5.75 Å². The van der Waals surface area contributed by atoms with Crippen LogP contribution in [-0.4, -0.2) is 43.8 Å². The van der Waals surface area contributed by atoms with E-state index in [2.05, 4.69) is 20.4 Å². The van der Waals surface area contributed by atoms with Crippen LogP contribution in [-0.2, 0) is 0 Å². The largest absolute Gasteiger partial charge is 0.495 e. The van der Waals surface area contributed by atoms with E-state index in [1.54, 1.807) is 48.5 Å². The SMILES string of the molecule is COc1cncc(C(NC(=O)c2cc3ncccn3n2)C2CC(O)C2)c1. The number of carbonyl (C=O) groups is 1. The average molecular weight is 353 g/mol. The van der Waals surface area contributed by atoms with Gasteiger partial charge in [0.25, 0.3) is 5.91 Å². The lowest BCUT2D eigenvalue weighted by Crippen LogP contribution is -2.41. The monoisotopic (exact) mass is 353 g/mol. The molecule has 1 aliphatic carbocycles. The fourth-order valence-corrected chi connectivity index (χ4v) is 3.25. The normalized spacial score (nSPS) is 20.4. The van der Waals surface area contributed by atoms with E-state index in [-0.39, 0.29) is 24.0 Å². The molecule has 3 aromatic heterocycles. The molecule has 1 fully saturated rings. The molecule has 1 saturated carbocycles. The van der Waals surface area contributed by atoms with E-state index >= 15 is 0 Å². The maximum absolute atomic E-state index is 12.7. The van der Waals surface area contributed by atoms with Gasteiger partial charge in [-0.1, -0.05) is 0 Å². The van der Waals surface area contributed by atoms with Gasteiger partial charge in [0.15, 0.2) is 11.3 Å². The van der Waals surface area contributed by atoms with Crippen LogP contribution in [0.25, 0.3) is 5.65 Å². The van der Waals surface area contributed by atoms with Crippen LogP contribution in [0, 0.1) is 5.92 Å². The number of aromatic nitrogens is 4. The smallest absolute Gasteiger partial charge is 0.272 e. The van der Waals surface area contributed by atoms with E-state index in [0.717, 1.165) is 5.56 Å². The minimum atomic E-state index is -0.322. The van der Waals surface area contributed by atoms with Crippen molar-refractivity contribution >= 4 is 11.6 Å². The number of rotatable bonds is 5. The maximum atomic E-state index is 12.7. The highest BCUT2D eigenvalue weighted by Crippen LogP contribution is 2.38. The summed E-state index contributed by atoms with van der Waals surface area (Å²) in [6, 6.07) is 4.98. The summed E-state index contributed by atoms with van der Waals surface area (Å²) in [5.74, 6) is 0.473. The Kier molecular flexibility index (Phi) is 4.26. The Bertz CT molecular complexity index is 902. The van der Waals surface area contributed by atoms with Gasteiger partial charge in [0.05, 0.1) is 25.5 Å². The number of aliphatic hydroxyl groups excluding tert-OH is 1. The average Bonchev–Trinajstić information content (AvgIpc) is 3.08. The number of methoxy groups -OCH3 is 1. The van der Waals surface area contributed by atoms with Crippen molar-refractivity contribution in [1.82, 2.24) is 24.9 Å². The molecule has 0 spiro atoms. The maximum Gasteiger partial charge on any atom is 0.272 e. The topological polar surface area (TPSA) is 102 Å². The highest BCUT2D eigenvalue weighted by Gasteiger charge is 2.36. The number of carbonyl (C=O) groups excluding carboxylic acids is 1. The van der Waals surface area contributed by atoms with Gasteiger partial charge in [0.1, 0.15) is 5.75 Å². The van der Waals surface area contributed by atoms with Crippen molar-refractivity contribution in [2.75, 3.05) is 7.11 Å². The van der Waals surface area contributed by atoms with Crippen molar-refractivity contribution in [1.29, 1.82) is 0 Å². The molecule has 1 amide bonds. The zero-order valence-corrected chi connectivity index (χ0v) is 14.2. The van der Waals surface area contributed by atoms with Crippen LogP contribution >= 0.6 is 0 Å². The van der Waals surface area contributed by atoms with E-state index < -0.39 is 0 Å². The van der Waals surface area contributed by atoms with E-state index in [4.69, 9.17) is 4.74 Å². The van der Waals surface area contributed by atoms with Crippen molar-refractivity contribution in [2.24, 2.45) is 5.92 Å². The van der Waals surface area contributed by atoms with Crippen LogP contribution in [0.5, 0.6) is 5.75 Å². The first-order valence-electron chi connectivity index (χ1n) is 8.42. The van der Waals surface area contributed by atoms with Crippen LogP contribution in [0.15, 0.2) is 43.0 Å². The van der Waals surface area contributed by atoms with Crippen LogP contribution in [0.4, 0.5) is 0 Å². The number of aliphatic hydroxyl groups is 1. The predicted molar refractivity (Wildman–Crippen MR) is 92.7 cm³/mol. The molecule has 3 heterocycles. The molecule has 0 saturated heterocycles. The highest BCUT2D eigenvalue weighted by atomic mass is 16.5. The Hall–Kier alpha value is -3.00. The fourth-order valence-electron chi connectivity index (χ4n) is 3.25. The summed E-state index contributed by atoms with van der Waals surface area (Å²) in [5, 5.41) is 17.0. The number of amides is 1. The molecule has 1 aliphatic rings. The number of ether oxygens (including phenoxy) is 1. The first-order chi connectivity index (χ1) is 12.6. The molecule has 134 valence electrons. The van der Waals surface area contributed by atoms with E-state index in [1.807, 2.05) is 6.07 Å². The number of hydrogen-bond donors (Lipinski definition) is 2. The minimum absolute atomic E-state index is 0.137. The quantitative estimate of drug-likeness (QED) is 0.718. The lowest BCUT2D eigenvalue weighted by Gasteiger charge is -2.38. The summed E-state index contributed by atoms with van der Waals surface area (Å²) in [5.41, 5.74) is 1.75. The van der Waals surface area contributed by atoms with Gasteiger partial charge in [-0.2, -0.15) is 5.10 Å². The summed E-state index contributed by atoms with van der Waals surface area (Å²) in [6.07, 6.45) is 7.67. The van der Waals surface area contributed by atoms with Gasteiger partial charge in [0.2, 0.25) is 0 Å². The first-order valence-corrected chi connectivity index (χ1v) is 8.42. The van der Waals surface area contributed by atoms with Crippen LogP contribution in [0.3, 0.4) is 0 Å². The lowest BCUT2D eigenvalue weighted by molar-refractivity contribution is 0.0234. The molecule has 26 heavy (non-hydrogen) atoms. The van der Waals surface area contributed by atoms with Gasteiger partial charge in [-0.25, -0.2) is 9.50 Å². The van der Waals surface area contributed by atoms with Crippen molar-refractivity contribution < 1.29 is 14.6 Å². The molecule has 1 unspecified atom stereocenters. The van der Waals surface area contributed by atoms with Gasteiger partial charge < -0.3 is 15.2 Å². The third kappa shape index (κ3) is 3.11. The van der Waals surface area contributed by atoms with Crippen LogP contribution < -0.4 is 10.1 Å². The standard InChI is InChI=1S/C18H19N5O3/c1-26-14-7-12(9-19-10-14)17(11-5-13(24)6-11)21-18(25)15-8-16-20-3-2-4-23(16)22-15/h2-4,7-11,13,17,24H,5-6H2,1H3,(H,21,25). The van der Waals surface area contributed by atoms with Gasteiger partial charge in [-0.05, 0) is 36.5 Å². The molecule has 0 aromatic carbocycles. The molecular weight excluding hydrogens is 334 g/mol. The number of nitrogens with zero attached hydrogens (tertiary/aromatic N) is 4. The summed E-state index contributed by atoms with van der Waals surface area (Å²) in [6.45, 7) is 0. The molecule has 0 radical (unpaired) electrons. The van der Waals surface area contributed by atoms with Gasteiger partial charge >= 0.3 is 0 Å². The zero-order chi connectivity index (χ0) is 18.1. The summed E-state index contributed by atoms with van der Waals surface area (Å²) >= 11 is 0. The van der Waals surface area contributed by atoms with Crippen molar-refractivity contribution in [3.05, 3.63) is 54.2 Å². The second kappa shape index (κ2) is 6.72. The molecule has 3 aromatic rings. The predicted octanol–water partition coefficient (Wildman–Crippen LogP) is 1.37. The molecule has 8 nitrogen and oxygen atoms in total. The number of pyridine rings is 1. The first kappa shape index (κ1) is 16.5. The summed E-state index contributed by atoms with van der Waals surface area (Å²) < 4.78 is 6.80.